The number of ether oxygens (including phenoxy) is 1. The van der Waals surface area contributed by atoms with Gasteiger partial charge in [-0.15, -0.1) is 10.2 Å². The second kappa shape index (κ2) is 10.1. The Morgan fingerprint density at radius 3 is 2.38 bits per heavy atom. The Kier molecular flexibility index (Phi) is 7.44. The first-order valence-corrected chi connectivity index (χ1v) is 12.5. The Morgan fingerprint density at radius 2 is 1.72 bits per heavy atom. The van der Waals surface area contributed by atoms with Gasteiger partial charge < -0.3 is 9.64 Å². The quantitative estimate of drug-likeness (QED) is 0.267. The Balaban J connectivity index is 1.56. The second-order valence-electron chi connectivity index (χ2n) is 8.09. The summed E-state index contributed by atoms with van der Waals surface area (Å²) in [4.78, 5) is 28.8. The third kappa shape index (κ3) is 4.98. The van der Waals surface area contributed by atoms with E-state index in [0.29, 0.717) is 24.0 Å². The molecule has 0 radical (unpaired) electrons. The number of anilines is 1. The lowest BCUT2D eigenvalue weighted by Gasteiger charge is -2.37. The molecule has 1 aliphatic carbocycles. The number of aromatic nitrogens is 2. The van der Waals surface area contributed by atoms with Crippen LogP contribution in [0.5, 0.6) is 0 Å². The highest BCUT2D eigenvalue weighted by Gasteiger charge is 2.38. The van der Waals surface area contributed by atoms with Gasteiger partial charge in [0.05, 0.1) is 20.6 Å². The van der Waals surface area contributed by atoms with Crippen molar-refractivity contribution in [2.75, 3.05) is 18.5 Å². The van der Waals surface area contributed by atoms with Crippen LogP contribution in [0, 0.1) is 0 Å². The van der Waals surface area contributed by atoms with Gasteiger partial charge in [-0.25, -0.2) is 14.5 Å². The zero-order valence-corrected chi connectivity index (χ0v) is 20.6. The fourth-order valence-electron chi connectivity index (χ4n) is 4.03. The van der Waals surface area contributed by atoms with Crippen LogP contribution in [0.1, 0.15) is 66.2 Å². The predicted octanol–water partition coefficient (Wildman–Crippen LogP) is 6.38. The molecule has 2 aliphatic rings. The number of nitrogens with zero attached hydrogens (tertiary/aromatic N) is 4. The van der Waals surface area contributed by atoms with Gasteiger partial charge in [0, 0.05) is 25.9 Å². The maximum Gasteiger partial charge on any atom is 0.340 e. The lowest BCUT2D eigenvalue weighted by Crippen LogP contribution is -2.54. The largest absolute Gasteiger partial charge is 0.437 e. The maximum atomic E-state index is 13.0. The molecule has 2 heterocycles. The van der Waals surface area contributed by atoms with Crippen molar-refractivity contribution >= 4 is 63.3 Å². The SMILES string of the molecule is CN1CCC(OC(=O)c2cc(Cl)c(Cl)c(Cl)c2)N(c2nnc(C3CCCCCC3)s2)C1=O. The predicted molar refractivity (Wildman–Crippen MR) is 126 cm³/mol. The third-order valence-corrected chi connectivity index (χ3v) is 8.12. The average Bonchev–Trinajstić information content (AvgIpc) is 3.08. The van der Waals surface area contributed by atoms with E-state index in [-0.39, 0.29) is 26.7 Å². The summed E-state index contributed by atoms with van der Waals surface area (Å²) in [6.45, 7) is 0.448. The molecule has 0 N–H and O–H groups in total. The van der Waals surface area contributed by atoms with Gasteiger partial charge in [-0.05, 0) is 25.0 Å². The lowest BCUT2D eigenvalue weighted by molar-refractivity contribution is 0.0229. The standard InChI is InChI=1S/C21H23Cl3N4O3S/c1-27-9-8-16(31-19(29)13-10-14(22)17(24)15(23)11-13)28(21(27)30)20-26-25-18(32-20)12-6-4-2-3-5-7-12/h10-12,16H,2-9H2,1H3. The van der Waals surface area contributed by atoms with E-state index in [4.69, 9.17) is 39.5 Å². The van der Waals surface area contributed by atoms with Crippen molar-refractivity contribution in [2.45, 2.75) is 57.1 Å². The molecule has 4 rings (SSSR count). The van der Waals surface area contributed by atoms with Gasteiger partial charge in [0.25, 0.3) is 0 Å². The van der Waals surface area contributed by atoms with Crippen molar-refractivity contribution in [1.82, 2.24) is 15.1 Å². The Morgan fingerprint density at radius 1 is 1.06 bits per heavy atom. The first-order valence-electron chi connectivity index (χ1n) is 10.6. The van der Waals surface area contributed by atoms with E-state index < -0.39 is 12.2 Å². The van der Waals surface area contributed by atoms with Crippen LogP contribution < -0.4 is 4.90 Å². The molecule has 2 fully saturated rings. The van der Waals surface area contributed by atoms with E-state index in [1.807, 2.05) is 0 Å². The number of hydrogen-bond acceptors (Lipinski definition) is 6. The molecule has 1 atom stereocenters. The van der Waals surface area contributed by atoms with Crippen LogP contribution in [-0.4, -0.2) is 46.9 Å². The van der Waals surface area contributed by atoms with Crippen LogP contribution in [0.2, 0.25) is 15.1 Å². The normalized spacial score (nSPS) is 20.4. The van der Waals surface area contributed by atoms with Crippen LogP contribution >= 0.6 is 46.1 Å². The van der Waals surface area contributed by atoms with E-state index in [2.05, 4.69) is 10.2 Å². The minimum atomic E-state index is -0.811. The molecule has 2 aromatic rings. The van der Waals surface area contributed by atoms with Crippen molar-refractivity contribution in [2.24, 2.45) is 0 Å². The van der Waals surface area contributed by atoms with Crippen LogP contribution in [0.25, 0.3) is 0 Å². The molecule has 1 aliphatic heterocycles. The summed E-state index contributed by atoms with van der Waals surface area (Å²) < 4.78 is 5.71. The van der Waals surface area contributed by atoms with Crippen molar-refractivity contribution in [3.8, 4) is 0 Å². The molecule has 2 amide bonds. The highest BCUT2D eigenvalue weighted by Crippen LogP contribution is 2.37. The number of rotatable bonds is 4. The van der Waals surface area contributed by atoms with Gasteiger partial charge in [0.2, 0.25) is 5.13 Å². The summed E-state index contributed by atoms with van der Waals surface area (Å²) >= 11 is 19.5. The van der Waals surface area contributed by atoms with E-state index in [1.54, 1.807) is 11.9 Å². The summed E-state index contributed by atoms with van der Waals surface area (Å²) in [5.41, 5.74) is 0.159. The monoisotopic (exact) mass is 516 g/mol. The Labute approximate surface area is 205 Å². The number of carbonyl (C=O) groups excluding carboxylic acids is 2. The number of halogens is 3. The fourth-order valence-corrected chi connectivity index (χ4v) is 5.68. The molecule has 32 heavy (non-hydrogen) atoms. The molecule has 7 nitrogen and oxygen atoms in total. The van der Waals surface area contributed by atoms with Gasteiger partial charge in [0.1, 0.15) is 5.01 Å². The minimum absolute atomic E-state index is 0.152. The lowest BCUT2D eigenvalue weighted by atomic mass is 10.0. The summed E-state index contributed by atoms with van der Waals surface area (Å²) in [6.07, 6.45) is 6.63. The van der Waals surface area contributed by atoms with E-state index in [9.17, 15) is 9.59 Å². The highest BCUT2D eigenvalue weighted by atomic mass is 35.5. The van der Waals surface area contributed by atoms with Crippen molar-refractivity contribution in [3.05, 3.63) is 37.8 Å². The molecule has 1 aromatic carbocycles. The molecule has 1 aromatic heterocycles. The maximum absolute atomic E-state index is 13.0. The number of urea groups is 1. The summed E-state index contributed by atoms with van der Waals surface area (Å²) in [5, 5.41) is 10.5. The molecule has 1 saturated heterocycles. The Bertz CT molecular complexity index is 987. The van der Waals surface area contributed by atoms with Gasteiger partial charge >= 0.3 is 12.0 Å². The molecule has 11 heteroatoms. The zero-order valence-electron chi connectivity index (χ0n) is 17.5. The summed E-state index contributed by atoms with van der Waals surface area (Å²) in [6, 6.07) is 2.51. The van der Waals surface area contributed by atoms with E-state index in [0.717, 1.165) is 17.8 Å². The molecule has 172 valence electrons. The average molecular weight is 518 g/mol. The van der Waals surface area contributed by atoms with Crippen LogP contribution in [0.3, 0.4) is 0 Å². The first kappa shape index (κ1) is 23.5. The number of benzene rings is 1. The van der Waals surface area contributed by atoms with Crippen molar-refractivity contribution in [3.63, 3.8) is 0 Å². The third-order valence-electron chi connectivity index (χ3n) is 5.84. The molecule has 1 saturated carbocycles. The molecular formula is C21H23Cl3N4O3S. The summed E-state index contributed by atoms with van der Waals surface area (Å²) in [7, 11) is 1.71. The first-order chi connectivity index (χ1) is 15.3. The number of esters is 1. The molecule has 0 bridgehead atoms. The molecular weight excluding hydrogens is 495 g/mol. The van der Waals surface area contributed by atoms with E-state index >= 15 is 0 Å². The molecule has 1 unspecified atom stereocenters. The minimum Gasteiger partial charge on any atom is -0.437 e. The van der Waals surface area contributed by atoms with Crippen LogP contribution in [0.15, 0.2) is 12.1 Å². The van der Waals surface area contributed by atoms with Crippen LogP contribution in [0.4, 0.5) is 9.93 Å². The fraction of sp³-hybridized carbons (Fsp3) is 0.524. The van der Waals surface area contributed by atoms with Gasteiger partial charge in [0.15, 0.2) is 6.23 Å². The summed E-state index contributed by atoms with van der Waals surface area (Å²) in [5.74, 6) is -0.285. The van der Waals surface area contributed by atoms with Crippen molar-refractivity contribution in [1.29, 1.82) is 0 Å². The van der Waals surface area contributed by atoms with Gasteiger partial charge in [-0.3, -0.25) is 0 Å². The number of amides is 2. The highest BCUT2D eigenvalue weighted by molar-refractivity contribution is 7.15. The second-order valence-corrected chi connectivity index (χ2v) is 10.3. The van der Waals surface area contributed by atoms with Gasteiger partial charge in [-0.1, -0.05) is 71.8 Å². The number of carbonyl (C=O) groups is 2. The smallest absolute Gasteiger partial charge is 0.340 e. The van der Waals surface area contributed by atoms with E-state index in [1.165, 1.54) is 54.1 Å². The Hall–Kier alpha value is -1.61. The zero-order chi connectivity index (χ0) is 22.8. The van der Waals surface area contributed by atoms with Gasteiger partial charge in [-0.2, -0.15) is 0 Å². The van der Waals surface area contributed by atoms with Crippen LogP contribution in [-0.2, 0) is 4.74 Å². The molecule has 0 spiro atoms. The topological polar surface area (TPSA) is 75.6 Å². The number of hydrogen-bond donors (Lipinski definition) is 0. The van der Waals surface area contributed by atoms with Crippen molar-refractivity contribution < 1.29 is 14.3 Å².